The third-order valence-corrected chi connectivity index (χ3v) is 4.66. The van der Waals surface area contributed by atoms with Gasteiger partial charge in [-0.05, 0) is 38.5 Å². The van der Waals surface area contributed by atoms with Crippen LogP contribution in [0.15, 0.2) is 30.5 Å². The Morgan fingerprint density at radius 2 is 1.90 bits per heavy atom. The third-order valence-electron chi connectivity index (χ3n) is 4.66. The topological polar surface area (TPSA) is 108 Å². The molecule has 164 valence electrons. The fraction of sp³-hybridized carbons (Fsp3) is 0.316. The first-order chi connectivity index (χ1) is 14.5. The molecule has 0 bridgehead atoms. The van der Waals surface area contributed by atoms with Gasteiger partial charge in [-0.3, -0.25) is 24.3 Å². The highest BCUT2D eigenvalue weighted by Crippen LogP contribution is 2.30. The molecular weight excluding hydrogens is 417 g/mol. The quantitative estimate of drug-likeness (QED) is 0.469. The monoisotopic (exact) mass is 436 g/mol. The van der Waals surface area contributed by atoms with Crippen molar-refractivity contribution in [2.45, 2.75) is 40.0 Å². The van der Waals surface area contributed by atoms with Gasteiger partial charge in [0, 0.05) is 0 Å². The first-order valence-electron chi connectivity index (χ1n) is 9.14. The zero-order valence-electron chi connectivity index (χ0n) is 16.9. The lowest BCUT2D eigenvalue weighted by Gasteiger charge is -2.10. The van der Waals surface area contributed by atoms with Crippen molar-refractivity contribution < 1.29 is 22.9 Å². The van der Waals surface area contributed by atoms with Gasteiger partial charge in [0.2, 0.25) is 5.91 Å². The van der Waals surface area contributed by atoms with Gasteiger partial charge in [-0.15, -0.1) is 0 Å². The second kappa shape index (κ2) is 8.20. The van der Waals surface area contributed by atoms with E-state index in [4.69, 9.17) is 0 Å². The number of rotatable bonds is 6. The number of halogens is 3. The molecule has 0 fully saturated rings. The van der Waals surface area contributed by atoms with E-state index in [1.165, 1.54) is 28.6 Å². The molecule has 1 aromatic carbocycles. The van der Waals surface area contributed by atoms with E-state index in [2.05, 4.69) is 15.5 Å². The average molecular weight is 436 g/mol. The molecule has 0 unspecified atom stereocenters. The van der Waals surface area contributed by atoms with Crippen molar-refractivity contribution in [1.29, 1.82) is 0 Å². The Hall–Kier alpha value is -3.70. The summed E-state index contributed by atoms with van der Waals surface area (Å²) in [6.07, 6.45) is -3.27. The number of alkyl halides is 3. The van der Waals surface area contributed by atoms with Gasteiger partial charge in [0.05, 0.1) is 34.1 Å². The van der Waals surface area contributed by atoms with Gasteiger partial charge < -0.3 is 5.32 Å². The third kappa shape index (κ3) is 4.90. The van der Waals surface area contributed by atoms with Crippen LogP contribution in [0, 0.1) is 30.9 Å². The van der Waals surface area contributed by atoms with Gasteiger partial charge >= 0.3 is 11.9 Å². The molecule has 0 saturated heterocycles. The number of nitrogens with one attached hydrogen (secondary N) is 1. The molecule has 9 nitrogen and oxygen atoms in total. The number of aryl methyl sites for hydroxylation is 2. The van der Waals surface area contributed by atoms with Gasteiger partial charge in [-0.2, -0.15) is 23.4 Å². The van der Waals surface area contributed by atoms with E-state index < -0.39 is 22.6 Å². The number of amides is 1. The number of anilines is 1. The highest BCUT2D eigenvalue weighted by atomic mass is 19.4. The van der Waals surface area contributed by atoms with Gasteiger partial charge in [0.1, 0.15) is 18.4 Å². The van der Waals surface area contributed by atoms with Gasteiger partial charge in [0.25, 0.3) is 0 Å². The molecule has 1 amide bonds. The van der Waals surface area contributed by atoms with Gasteiger partial charge in [0.15, 0.2) is 0 Å². The normalized spacial score (nSPS) is 11.5. The molecule has 31 heavy (non-hydrogen) atoms. The molecule has 0 atom stereocenters. The Kier molecular flexibility index (Phi) is 5.82. The van der Waals surface area contributed by atoms with Crippen LogP contribution in [0.3, 0.4) is 0 Å². The van der Waals surface area contributed by atoms with Crippen molar-refractivity contribution in [3.05, 3.63) is 68.8 Å². The summed E-state index contributed by atoms with van der Waals surface area (Å²) >= 11 is 0. The van der Waals surface area contributed by atoms with Crippen molar-refractivity contribution in [2.24, 2.45) is 0 Å². The zero-order valence-corrected chi connectivity index (χ0v) is 16.9. The Balaban J connectivity index is 1.75. The number of benzene rings is 1. The van der Waals surface area contributed by atoms with E-state index in [9.17, 15) is 28.1 Å². The Labute approximate surface area is 174 Å². The van der Waals surface area contributed by atoms with Crippen LogP contribution in [0.25, 0.3) is 0 Å². The summed E-state index contributed by atoms with van der Waals surface area (Å²) < 4.78 is 41.5. The largest absolute Gasteiger partial charge is 0.416 e. The summed E-state index contributed by atoms with van der Waals surface area (Å²) in [5.41, 5.74) is 1.15. The van der Waals surface area contributed by atoms with Crippen LogP contribution in [-0.4, -0.2) is 30.4 Å². The van der Waals surface area contributed by atoms with E-state index in [1.54, 1.807) is 19.9 Å². The Morgan fingerprint density at radius 1 is 1.19 bits per heavy atom. The molecule has 1 N–H and O–H groups in total. The van der Waals surface area contributed by atoms with Crippen LogP contribution >= 0.6 is 0 Å². The van der Waals surface area contributed by atoms with Crippen LogP contribution in [-0.2, 0) is 24.1 Å². The summed E-state index contributed by atoms with van der Waals surface area (Å²) in [4.78, 5) is 22.7. The lowest BCUT2D eigenvalue weighted by Crippen LogP contribution is -2.20. The predicted molar refractivity (Wildman–Crippen MR) is 104 cm³/mol. The number of hydrogen-bond donors (Lipinski definition) is 1. The number of nitro groups is 1. The molecular formula is C19H19F3N6O3. The fourth-order valence-electron chi connectivity index (χ4n) is 3.14. The van der Waals surface area contributed by atoms with E-state index in [1.807, 2.05) is 0 Å². The van der Waals surface area contributed by atoms with Crippen LogP contribution in [0.5, 0.6) is 0 Å². The molecule has 2 aromatic heterocycles. The highest BCUT2D eigenvalue weighted by molar-refractivity contribution is 5.91. The average Bonchev–Trinajstić information content (AvgIpc) is 3.15. The minimum absolute atomic E-state index is 0.0943. The maximum Gasteiger partial charge on any atom is 0.416 e. The number of carbonyl (C=O) groups is 1. The van der Waals surface area contributed by atoms with Gasteiger partial charge in [-0.25, -0.2) is 0 Å². The number of hydrogen-bond acceptors (Lipinski definition) is 5. The maximum absolute atomic E-state index is 12.9. The Morgan fingerprint density at radius 3 is 2.52 bits per heavy atom. The number of nitrogens with zero attached hydrogens (tertiary/aromatic N) is 5. The second-order valence-electron chi connectivity index (χ2n) is 7.00. The SMILES string of the molecule is Cc1nn(CC(=O)Nc2c(C)nn(Cc3cccc(C(F)(F)F)c3)c2C)cc1[N+](=O)[O-]. The summed E-state index contributed by atoms with van der Waals surface area (Å²) in [7, 11) is 0. The van der Waals surface area contributed by atoms with Crippen LogP contribution in [0.4, 0.5) is 24.5 Å². The van der Waals surface area contributed by atoms with E-state index in [-0.39, 0.29) is 24.5 Å². The van der Waals surface area contributed by atoms with E-state index in [0.717, 1.165) is 12.1 Å². The van der Waals surface area contributed by atoms with Crippen molar-refractivity contribution in [3.8, 4) is 0 Å². The highest BCUT2D eigenvalue weighted by Gasteiger charge is 2.30. The maximum atomic E-state index is 12.9. The summed E-state index contributed by atoms with van der Waals surface area (Å²) in [6.45, 7) is 4.67. The molecule has 3 rings (SSSR count). The lowest BCUT2D eigenvalue weighted by atomic mass is 10.1. The number of carbonyl (C=O) groups excluding carboxylic acids is 1. The van der Waals surface area contributed by atoms with Crippen LogP contribution in [0.2, 0.25) is 0 Å². The Bertz CT molecular complexity index is 1150. The summed E-state index contributed by atoms with van der Waals surface area (Å²) in [5.74, 6) is -0.470. The zero-order chi connectivity index (χ0) is 22.9. The van der Waals surface area contributed by atoms with Crippen molar-refractivity contribution >= 4 is 17.3 Å². The molecule has 3 aromatic rings. The number of aromatic nitrogens is 4. The molecule has 0 spiro atoms. The van der Waals surface area contributed by atoms with Crippen molar-refractivity contribution in [2.75, 3.05) is 5.32 Å². The van der Waals surface area contributed by atoms with Gasteiger partial charge in [-0.1, -0.05) is 12.1 Å². The lowest BCUT2D eigenvalue weighted by molar-refractivity contribution is -0.385. The minimum Gasteiger partial charge on any atom is -0.321 e. The van der Waals surface area contributed by atoms with E-state index in [0.29, 0.717) is 22.6 Å². The standard InChI is InChI=1S/C19H19F3N6O3/c1-11-16(28(30)31)9-26(24-11)10-17(29)23-18-12(2)25-27(13(18)3)8-14-5-4-6-15(7-14)19(20,21)22/h4-7,9H,8,10H2,1-3H3,(H,23,29). The molecule has 0 aliphatic rings. The molecule has 2 heterocycles. The smallest absolute Gasteiger partial charge is 0.321 e. The molecule has 12 heteroatoms. The molecule has 0 aliphatic heterocycles. The van der Waals surface area contributed by atoms with E-state index >= 15 is 0 Å². The summed E-state index contributed by atoms with van der Waals surface area (Å²) in [5, 5.41) is 21.9. The van der Waals surface area contributed by atoms with Crippen molar-refractivity contribution in [1.82, 2.24) is 19.6 Å². The molecule has 0 saturated carbocycles. The predicted octanol–water partition coefficient (Wildman–Crippen LogP) is 3.62. The fourth-order valence-corrected chi connectivity index (χ4v) is 3.14. The van der Waals surface area contributed by atoms with Crippen LogP contribution in [0.1, 0.15) is 28.2 Å². The second-order valence-corrected chi connectivity index (χ2v) is 7.00. The molecule has 0 aliphatic carbocycles. The minimum atomic E-state index is -4.44. The summed E-state index contributed by atoms with van der Waals surface area (Å²) in [6, 6.07) is 4.95. The van der Waals surface area contributed by atoms with Crippen LogP contribution < -0.4 is 5.32 Å². The molecule has 0 radical (unpaired) electrons. The first-order valence-corrected chi connectivity index (χ1v) is 9.14. The first kappa shape index (κ1) is 22.0. The van der Waals surface area contributed by atoms with Crippen molar-refractivity contribution in [3.63, 3.8) is 0 Å².